The molecule has 1 aliphatic carbocycles. The molecule has 2 heteroatoms. The summed E-state index contributed by atoms with van der Waals surface area (Å²) in [6.45, 7) is 1.90. The van der Waals surface area contributed by atoms with Gasteiger partial charge in [-0.05, 0) is 31.4 Å². The van der Waals surface area contributed by atoms with Crippen LogP contribution in [0.3, 0.4) is 0 Å². The highest BCUT2D eigenvalue weighted by molar-refractivity contribution is 5.29. The van der Waals surface area contributed by atoms with Gasteiger partial charge in [0.25, 0.3) is 0 Å². The van der Waals surface area contributed by atoms with Gasteiger partial charge in [0.1, 0.15) is 5.82 Å². The van der Waals surface area contributed by atoms with Crippen molar-refractivity contribution >= 4 is 0 Å². The maximum atomic E-state index is 13.8. The molecule has 0 spiro atoms. The van der Waals surface area contributed by atoms with Crippen LogP contribution in [-0.4, -0.2) is 0 Å². The van der Waals surface area contributed by atoms with Crippen molar-refractivity contribution in [1.82, 2.24) is 0 Å². The van der Waals surface area contributed by atoms with Gasteiger partial charge in [0.2, 0.25) is 0 Å². The third kappa shape index (κ3) is 2.05. The molecule has 0 radical (unpaired) electrons. The summed E-state index contributed by atoms with van der Waals surface area (Å²) < 4.78 is 13.8. The largest absolute Gasteiger partial charge is 0.321 e. The molecule has 1 aromatic rings. The fourth-order valence-electron chi connectivity index (χ4n) is 2.48. The lowest BCUT2D eigenvalue weighted by molar-refractivity contribution is 0.293. The third-order valence-corrected chi connectivity index (χ3v) is 3.41. The van der Waals surface area contributed by atoms with Crippen molar-refractivity contribution in [2.45, 2.75) is 44.6 Å². The van der Waals surface area contributed by atoms with Crippen molar-refractivity contribution in [2.75, 3.05) is 0 Å². The summed E-state index contributed by atoms with van der Waals surface area (Å²) in [4.78, 5) is 0. The SMILES string of the molecule is Cc1ccc(C2(N)CCCCC2)c(F)c1. The van der Waals surface area contributed by atoms with Crippen LogP contribution in [0.15, 0.2) is 18.2 Å². The summed E-state index contributed by atoms with van der Waals surface area (Å²) in [6, 6.07) is 5.39. The number of hydrogen-bond acceptors (Lipinski definition) is 1. The van der Waals surface area contributed by atoms with Crippen LogP contribution >= 0.6 is 0 Å². The Morgan fingerprint density at radius 1 is 1.20 bits per heavy atom. The Morgan fingerprint density at radius 2 is 1.87 bits per heavy atom. The topological polar surface area (TPSA) is 26.0 Å². The molecule has 0 saturated heterocycles. The fourth-order valence-corrected chi connectivity index (χ4v) is 2.48. The van der Waals surface area contributed by atoms with E-state index in [2.05, 4.69) is 0 Å². The number of hydrogen-bond donors (Lipinski definition) is 1. The van der Waals surface area contributed by atoms with E-state index >= 15 is 0 Å². The molecule has 82 valence electrons. The molecular weight excluding hydrogens is 189 g/mol. The van der Waals surface area contributed by atoms with E-state index < -0.39 is 5.54 Å². The molecule has 2 rings (SSSR count). The highest BCUT2D eigenvalue weighted by Gasteiger charge is 2.31. The number of halogens is 1. The molecule has 15 heavy (non-hydrogen) atoms. The summed E-state index contributed by atoms with van der Waals surface area (Å²) >= 11 is 0. The molecule has 0 atom stereocenters. The Hall–Kier alpha value is -0.890. The van der Waals surface area contributed by atoms with Gasteiger partial charge >= 0.3 is 0 Å². The molecular formula is C13H18FN. The number of aryl methyl sites for hydroxylation is 1. The maximum absolute atomic E-state index is 13.8. The van der Waals surface area contributed by atoms with Gasteiger partial charge in [-0.1, -0.05) is 31.4 Å². The Labute approximate surface area is 90.5 Å². The van der Waals surface area contributed by atoms with Crippen LogP contribution in [0.4, 0.5) is 4.39 Å². The van der Waals surface area contributed by atoms with E-state index in [1.807, 2.05) is 19.1 Å². The molecule has 0 aliphatic heterocycles. The smallest absolute Gasteiger partial charge is 0.128 e. The van der Waals surface area contributed by atoms with Gasteiger partial charge in [0, 0.05) is 11.1 Å². The quantitative estimate of drug-likeness (QED) is 0.751. The molecule has 0 unspecified atom stereocenters. The zero-order valence-electron chi connectivity index (χ0n) is 9.22. The van der Waals surface area contributed by atoms with Gasteiger partial charge < -0.3 is 5.73 Å². The first kappa shape index (κ1) is 10.6. The monoisotopic (exact) mass is 207 g/mol. The third-order valence-electron chi connectivity index (χ3n) is 3.41. The molecule has 0 bridgehead atoms. The molecule has 0 amide bonds. The van der Waals surface area contributed by atoms with E-state index in [1.165, 1.54) is 6.42 Å². The maximum Gasteiger partial charge on any atom is 0.128 e. The van der Waals surface area contributed by atoms with Gasteiger partial charge in [-0.15, -0.1) is 0 Å². The van der Waals surface area contributed by atoms with E-state index in [9.17, 15) is 4.39 Å². The normalized spacial score (nSPS) is 20.2. The van der Waals surface area contributed by atoms with E-state index in [4.69, 9.17) is 5.73 Å². The standard InChI is InChI=1S/C13H18FN/c1-10-5-6-11(12(14)9-10)13(15)7-3-2-4-8-13/h5-6,9H,2-4,7-8,15H2,1H3. The molecule has 1 fully saturated rings. The van der Waals surface area contributed by atoms with Crippen LogP contribution in [0.25, 0.3) is 0 Å². The van der Waals surface area contributed by atoms with Crippen molar-refractivity contribution in [1.29, 1.82) is 0 Å². The van der Waals surface area contributed by atoms with Crippen molar-refractivity contribution in [3.63, 3.8) is 0 Å². The summed E-state index contributed by atoms with van der Waals surface area (Å²) in [6.07, 6.45) is 5.28. The van der Waals surface area contributed by atoms with E-state index in [0.29, 0.717) is 5.56 Å². The predicted molar refractivity (Wildman–Crippen MR) is 60.1 cm³/mol. The van der Waals surface area contributed by atoms with Crippen LogP contribution in [0.1, 0.15) is 43.2 Å². The molecule has 2 N–H and O–H groups in total. The van der Waals surface area contributed by atoms with Crippen LogP contribution < -0.4 is 5.73 Å². The zero-order chi connectivity index (χ0) is 10.9. The number of nitrogens with two attached hydrogens (primary N) is 1. The minimum atomic E-state index is -0.421. The lowest BCUT2D eigenvalue weighted by Crippen LogP contribution is -2.39. The van der Waals surface area contributed by atoms with Gasteiger partial charge in [0.05, 0.1) is 0 Å². The van der Waals surface area contributed by atoms with E-state index in [0.717, 1.165) is 31.2 Å². The minimum Gasteiger partial charge on any atom is -0.321 e. The first-order valence-corrected chi connectivity index (χ1v) is 5.67. The molecule has 1 saturated carbocycles. The summed E-state index contributed by atoms with van der Waals surface area (Å²) in [7, 11) is 0. The molecule has 1 nitrogen and oxygen atoms in total. The van der Waals surface area contributed by atoms with Gasteiger partial charge in [-0.25, -0.2) is 4.39 Å². The van der Waals surface area contributed by atoms with Gasteiger partial charge in [-0.3, -0.25) is 0 Å². The Balaban J connectivity index is 2.35. The van der Waals surface area contributed by atoms with E-state index in [-0.39, 0.29) is 5.82 Å². The van der Waals surface area contributed by atoms with Gasteiger partial charge in [0.15, 0.2) is 0 Å². The Morgan fingerprint density at radius 3 is 2.47 bits per heavy atom. The Bertz CT molecular complexity index is 354. The highest BCUT2D eigenvalue weighted by atomic mass is 19.1. The minimum absolute atomic E-state index is 0.139. The van der Waals surface area contributed by atoms with Crippen LogP contribution in [-0.2, 0) is 5.54 Å². The van der Waals surface area contributed by atoms with Gasteiger partial charge in [-0.2, -0.15) is 0 Å². The predicted octanol–water partition coefficient (Wildman–Crippen LogP) is 3.25. The molecule has 1 aliphatic rings. The van der Waals surface area contributed by atoms with Crippen molar-refractivity contribution in [3.8, 4) is 0 Å². The number of benzene rings is 1. The molecule has 0 aromatic heterocycles. The second-order valence-corrected chi connectivity index (χ2v) is 4.70. The zero-order valence-corrected chi connectivity index (χ0v) is 9.22. The van der Waals surface area contributed by atoms with Crippen LogP contribution in [0.2, 0.25) is 0 Å². The summed E-state index contributed by atoms with van der Waals surface area (Å²) in [5.41, 5.74) is 7.53. The second kappa shape index (κ2) is 3.93. The molecule has 1 aromatic carbocycles. The second-order valence-electron chi connectivity index (χ2n) is 4.70. The fraction of sp³-hybridized carbons (Fsp3) is 0.538. The first-order valence-electron chi connectivity index (χ1n) is 5.67. The van der Waals surface area contributed by atoms with Crippen LogP contribution in [0, 0.1) is 12.7 Å². The molecule has 0 heterocycles. The summed E-state index contributed by atoms with van der Waals surface area (Å²) in [5.74, 6) is -0.139. The number of rotatable bonds is 1. The Kier molecular flexibility index (Phi) is 2.79. The van der Waals surface area contributed by atoms with Crippen molar-refractivity contribution in [2.24, 2.45) is 5.73 Å². The lowest BCUT2D eigenvalue weighted by atomic mass is 9.77. The van der Waals surface area contributed by atoms with E-state index in [1.54, 1.807) is 6.07 Å². The lowest BCUT2D eigenvalue weighted by Gasteiger charge is -2.34. The van der Waals surface area contributed by atoms with Crippen molar-refractivity contribution < 1.29 is 4.39 Å². The average molecular weight is 207 g/mol. The summed E-state index contributed by atoms with van der Waals surface area (Å²) in [5, 5.41) is 0. The first-order chi connectivity index (χ1) is 7.12. The van der Waals surface area contributed by atoms with Crippen LogP contribution in [0.5, 0.6) is 0 Å². The highest BCUT2D eigenvalue weighted by Crippen LogP contribution is 2.36. The average Bonchev–Trinajstić information content (AvgIpc) is 2.18. The van der Waals surface area contributed by atoms with Crippen molar-refractivity contribution in [3.05, 3.63) is 35.1 Å².